The Hall–Kier alpha value is -1.28. The third kappa shape index (κ3) is 24.7. The van der Waals surface area contributed by atoms with Gasteiger partial charge in [0.05, 0.1) is 6.61 Å². The van der Waals surface area contributed by atoms with E-state index in [1.54, 1.807) is 0 Å². The van der Waals surface area contributed by atoms with Crippen molar-refractivity contribution in [2.75, 3.05) is 12.5 Å². The molecular formula is C26H43ClO2. The van der Waals surface area contributed by atoms with E-state index < -0.39 is 0 Å². The van der Waals surface area contributed by atoms with Gasteiger partial charge in [0.2, 0.25) is 0 Å². The summed E-state index contributed by atoms with van der Waals surface area (Å²) in [5.74, 6) is 0.648. The first kappa shape index (κ1) is 27.7. The number of hydrogen-bond acceptors (Lipinski definition) is 2. The zero-order chi connectivity index (χ0) is 21.3. The summed E-state index contributed by atoms with van der Waals surface area (Å²) in [5.41, 5.74) is 0. The highest BCUT2D eigenvalue weighted by Gasteiger charge is 2.01. The molecule has 0 bridgehead atoms. The summed E-state index contributed by atoms with van der Waals surface area (Å²) in [6, 6.07) is 0. The molecule has 166 valence electrons. The van der Waals surface area contributed by atoms with Gasteiger partial charge in [-0.15, -0.1) is 11.6 Å². The topological polar surface area (TPSA) is 26.3 Å². The zero-order valence-electron chi connectivity index (χ0n) is 18.6. The Morgan fingerprint density at radius 1 is 0.690 bits per heavy atom. The van der Waals surface area contributed by atoms with Gasteiger partial charge in [-0.25, -0.2) is 0 Å². The molecule has 0 spiro atoms. The first-order chi connectivity index (χ1) is 14.3. The smallest absolute Gasteiger partial charge is 0.305 e. The van der Waals surface area contributed by atoms with Crippen LogP contribution in [0.3, 0.4) is 0 Å². The lowest BCUT2D eigenvalue weighted by atomic mass is 10.2. The number of alkyl halides is 1. The minimum absolute atomic E-state index is 0.0711. The molecule has 29 heavy (non-hydrogen) atoms. The van der Waals surface area contributed by atoms with Gasteiger partial charge >= 0.3 is 5.97 Å². The molecule has 0 N–H and O–H groups in total. The predicted octanol–water partition coefficient (Wildman–Crippen LogP) is 8.47. The van der Waals surface area contributed by atoms with Gasteiger partial charge in [0, 0.05) is 12.3 Å². The second kappa shape index (κ2) is 24.8. The molecule has 0 aromatic rings. The molecule has 2 nitrogen and oxygen atoms in total. The zero-order valence-corrected chi connectivity index (χ0v) is 19.4. The minimum atomic E-state index is -0.0711. The number of hydrogen-bond donors (Lipinski definition) is 0. The van der Waals surface area contributed by atoms with Gasteiger partial charge in [-0.2, -0.15) is 0 Å². The van der Waals surface area contributed by atoms with E-state index in [9.17, 15) is 4.79 Å². The maximum atomic E-state index is 11.6. The molecule has 0 saturated carbocycles. The highest BCUT2D eigenvalue weighted by molar-refractivity contribution is 6.17. The molecule has 0 aliphatic carbocycles. The van der Waals surface area contributed by atoms with E-state index in [0.717, 1.165) is 63.7 Å². The summed E-state index contributed by atoms with van der Waals surface area (Å²) in [5, 5.41) is 0. The lowest BCUT2D eigenvalue weighted by Gasteiger charge is -2.03. The summed E-state index contributed by atoms with van der Waals surface area (Å²) in [6.45, 7) is 2.79. The number of carbonyl (C=O) groups is 1. The second-order valence-electron chi connectivity index (χ2n) is 7.30. The van der Waals surface area contributed by atoms with Crippen molar-refractivity contribution in [1.29, 1.82) is 0 Å². The Bertz CT molecular complexity index is 463. The van der Waals surface area contributed by atoms with E-state index in [2.05, 4.69) is 55.5 Å². The molecule has 0 aromatic carbocycles. The van der Waals surface area contributed by atoms with Crippen molar-refractivity contribution in [2.45, 2.75) is 96.8 Å². The maximum Gasteiger partial charge on any atom is 0.305 e. The van der Waals surface area contributed by atoms with E-state index in [-0.39, 0.29) is 5.97 Å². The molecule has 3 heteroatoms. The van der Waals surface area contributed by atoms with Crippen LogP contribution in [0.2, 0.25) is 0 Å². The number of esters is 1. The fourth-order valence-corrected chi connectivity index (χ4v) is 2.92. The normalized spacial score (nSPS) is 12.2. The van der Waals surface area contributed by atoms with Gasteiger partial charge in [0.15, 0.2) is 0 Å². The van der Waals surface area contributed by atoms with Crippen molar-refractivity contribution in [1.82, 2.24) is 0 Å². The van der Waals surface area contributed by atoms with Crippen molar-refractivity contribution in [3.8, 4) is 0 Å². The summed E-state index contributed by atoms with van der Waals surface area (Å²) in [7, 11) is 0. The Balaban J connectivity index is 3.43. The Labute approximate surface area is 185 Å². The lowest BCUT2D eigenvalue weighted by Crippen LogP contribution is -2.05. The third-order valence-electron chi connectivity index (χ3n) is 4.50. The number of halogens is 1. The van der Waals surface area contributed by atoms with Gasteiger partial charge in [-0.1, -0.05) is 81.2 Å². The Kier molecular flexibility index (Phi) is 23.7. The van der Waals surface area contributed by atoms with Crippen LogP contribution < -0.4 is 0 Å². The molecule has 0 aromatic heterocycles. The molecule has 0 heterocycles. The third-order valence-corrected chi connectivity index (χ3v) is 4.77. The second-order valence-corrected chi connectivity index (χ2v) is 7.68. The molecule has 0 fully saturated rings. The summed E-state index contributed by atoms with van der Waals surface area (Å²) in [6.07, 6.45) is 32.4. The van der Waals surface area contributed by atoms with Crippen molar-refractivity contribution < 1.29 is 9.53 Å². The summed E-state index contributed by atoms with van der Waals surface area (Å²) in [4.78, 5) is 11.6. The molecule has 0 unspecified atom stereocenters. The number of allylic oxidation sites excluding steroid dienone is 8. The fourth-order valence-electron chi connectivity index (χ4n) is 2.73. The van der Waals surface area contributed by atoms with Crippen LogP contribution in [-0.2, 0) is 9.53 Å². The number of carbonyl (C=O) groups excluding carboxylic acids is 1. The van der Waals surface area contributed by atoms with E-state index in [0.29, 0.717) is 13.0 Å². The van der Waals surface area contributed by atoms with Gasteiger partial charge in [0.25, 0.3) is 0 Å². The van der Waals surface area contributed by atoms with Gasteiger partial charge in [0.1, 0.15) is 0 Å². The molecule has 0 aliphatic heterocycles. The van der Waals surface area contributed by atoms with Crippen molar-refractivity contribution in [3.63, 3.8) is 0 Å². The lowest BCUT2D eigenvalue weighted by molar-refractivity contribution is -0.143. The summed E-state index contributed by atoms with van der Waals surface area (Å²) < 4.78 is 5.23. The van der Waals surface area contributed by atoms with Gasteiger partial charge in [-0.3, -0.25) is 4.79 Å². The van der Waals surface area contributed by atoms with Crippen molar-refractivity contribution >= 4 is 17.6 Å². The van der Waals surface area contributed by atoms with Crippen LogP contribution in [0, 0.1) is 0 Å². The van der Waals surface area contributed by atoms with E-state index in [1.807, 2.05) is 0 Å². The molecule has 0 aliphatic rings. The molecular weight excluding hydrogens is 380 g/mol. The van der Waals surface area contributed by atoms with Crippen LogP contribution in [0.5, 0.6) is 0 Å². The highest BCUT2D eigenvalue weighted by atomic mass is 35.5. The monoisotopic (exact) mass is 422 g/mol. The largest absolute Gasteiger partial charge is 0.466 e. The minimum Gasteiger partial charge on any atom is -0.466 e. The number of ether oxygens (including phenoxy) is 1. The molecule has 0 atom stereocenters. The Morgan fingerprint density at radius 2 is 1.24 bits per heavy atom. The van der Waals surface area contributed by atoms with Gasteiger partial charge < -0.3 is 4.74 Å². The quantitative estimate of drug-likeness (QED) is 0.0850. The van der Waals surface area contributed by atoms with E-state index in [1.165, 1.54) is 25.7 Å². The van der Waals surface area contributed by atoms with Crippen LogP contribution in [0.15, 0.2) is 48.6 Å². The van der Waals surface area contributed by atoms with Crippen LogP contribution in [0.1, 0.15) is 96.8 Å². The average Bonchev–Trinajstić information content (AvgIpc) is 2.73. The number of unbranched alkanes of at least 4 members (excludes halogenated alkanes) is 7. The Morgan fingerprint density at radius 3 is 1.83 bits per heavy atom. The van der Waals surface area contributed by atoms with Crippen LogP contribution >= 0.6 is 11.6 Å². The van der Waals surface area contributed by atoms with E-state index >= 15 is 0 Å². The maximum absolute atomic E-state index is 11.6. The van der Waals surface area contributed by atoms with Crippen molar-refractivity contribution in [3.05, 3.63) is 48.6 Å². The predicted molar refractivity (Wildman–Crippen MR) is 129 cm³/mol. The molecule has 0 amide bonds. The van der Waals surface area contributed by atoms with Crippen molar-refractivity contribution in [2.24, 2.45) is 0 Å². The summed E-state index contributed by atoms with van der Waals surface area (Å²) >= 11 is 5.63. The average molecular weight is 423 g/mol. The fraction of sp³-hybridized carbons (Fsp3) is 0.654. The van der Waals surface area contributed by atoms with Crippen LogP contribution in [-0.4, -0.2) is 18.5 Å². The first-order valence-corrected chi connectivity index (χ1v) is 12.2. The SMILES string of the molecule is CCCCC/C=C\C/C=C\C/C=C\C/C=C\CCCC(=O)OCCCCCCCl. The van der Waals surface area contributed by atoms with Crippen LogP contribution in [0.25, 0.3) is 0 Å². The highest BCUT2D eigenvalue weighted by Crippen LogP contribution is 2.04. The van der Waals surface area contributed by atoms with E-state index in [4.69, 9.17) is 16.3 Å². The molecule has 0 radical (unpaired) electrons. The van der Waals surface area contributed by atoms with Gasteiger partial charge in [-0.05, 0) is 57.8 Å². The van der Waals surface area contributed by atoms with Crippen LogP contribution in [0.4, 0.5) is 0 Å². The molecule has 0 rings (SSSR count). The first-order valence-electron chi connectivity index (χ1n) is 11.6. The number of rotatable bonds is 20. The standard InChI is InChI=1S/C26H43ClO2/c1-2-3-4-5-6-7-8-9-10-11-12-13-14-15-16-17-20-23-26(28)29-25-22-19-18-21-24-27/h6-7,9-10,12-13,15-16H,2-5,8,11,14,17-25H2,1H3/b7-6-,10-9-,13-12-,16-15-. The molecule has 0 saturated heterocycles.